The molecule has 1 N–H and O–H groups in total. The molecule has 0 aliphatic heterocycles. The van der Waals surface area contributed by atoms with Crippen LogP contribution in [0, 0.1) is 10.1 Å². The second-order valence-corrected chi connectivity index (χ2v) is 4.53. The molecule has 112 valence electrons. The molecule has 0 aromatic heterocycles. The molecule has 0 fully saturated rings. The Morgan fingerprint density at radius 3 is 2.45 bits per heavy atom. The Balaban J connectivity index is 2.16. The molecular formula is C16H15N3O3. The molecule has 1 amide bonds. The van der Waals surface area contributed by atoms with Crippen LogP contribution in [0.4, 0.5) is 5.69 Å². The van der Waals surface area contributed by atoms with Crippen molar-refractivity contribution in [1.82, 2.24) is 5.43 Å². The Bertz CT molecular complexity index is 712. The SMILES string of the molecule is CCC(=NNC(=O)c1cccc([N+](=O)[O-])c1)c1ccccc1. The number of carbonyl (C=O) groups excluding carboxylic acids is 1. The van der Waals surface area contributed by atoms with Crippen LogP contribution in [0.1, 0.15) is 29.3 Å². The van der Waals surface area contributed by atoms with Crippen LogP contribution in [-0.2, 0) is 0 Å². The van der Waals surface area contributed by atoms with Gasteiger partial charge in [-0.3, -0.25) is 14.9 Å². The summed E-state index contributed by atoms with van der Waals surface area (Å²) in [7, 11) is 0. The highest BCUT2D eigenvalue weighted by atomic mass is 16.6. The van der Waals surface area contributed by atoms with E-state index in [0.717, 1.165) is 11.3 Å². The van der Waals surface area contributed by atoms with Gasteiger partial charge in [0.25, 0.3) is 11.6 Å². The predicted octanol–water partition coefficient (Wildman–Crippen LogP) is 3.14. The third-order valence-corrected chi connectivity index (χ3v) is 3.05. The average Bonchev–Trinajstić information content (AvgIpc) is 2.56. The van der Waals surface area contributed by atoms with Gasteiger partial charge in [0.05, 0.1) is 10.6 Å². The van der Waals surface area contributed by atoms with Gasteiger partial charge in [-0.1, -0.05) is 43.3 Å². The highest BCUT2D eigenvalue weighted by molar-refractivity contribution is 6.02. The van der Waals surface area contributed by atoms with Gasteiger partial charge in [-0.15, -0.1) is 0 Å². The second kappa shape index (κ2) is 7.12. The lowest BCUT2D eigenvalue weighted by atomic mass is 10.1. The lowest BCUT2D eigenvalue weighted by Crippen LogP contribution is -2.20. The maximum atomic E-state index is 12.0. The van der Waals surface area contributed by atoms with E-state index in [9.17, 15) is 14.9 Å². The fourth-order valence-electron chi connectivity index (χ4n) is 1.92. The van der Waals surface area contributed by atoms with E-state index >= 15 is 0 Å². The lowest BCUT2D eigenvalue weighted by Gasteiger charge is -2.05. The number of hydrazone groups is 1. The zero-order valence-corrected chi connectivity index (χ0v) is 12.0. The summed E-state index contributed by atoms with van der Waals surface area (Å²) < 4.78 is 0. The topological polar surface area (TPSA) is 84.6 Å². The van der Waals surface area contributed by atoms with E-state index < -0.39 is 10.8 Å². The molecule has 0 unspecified atom stereocenters. The number of nitro benzene ring substituents is 1. The molecule has 0 atom stereocenters. The molecule has 6 nitrogen and oxygen atoms in total. The Morgan fingerprint density at radius 2 is 1.82 bits per heavy atom. The highest BCUT2D eigenvalue weighted by Crippen LogP contribution is 2.13. The van der Waals surface area contributed by atoms with Crippen molar-refractivity contribution in [2.75, 3.05) is 0 Å². The van der Waals surface area contributed by atoms with Gasteiger partial charge in [0.1, 0.15) is 0 Å². The first-order chi connectivity index (χ1) is 10.6. The van der Waals surface area contributed by atoms with Crippen LogP contribution >= 0.6 is 0 Å². The van der Waals surface area contributed by atoms with Gasteiger partial charge in [0, 0.05) is 17.7 Å². The van der Waals surface area contributed by atoms with Gasteiger partial charge in [-0.2, -0.15) is 5.10 Å². The Hall–Kier alpha value is -3.02. The number of amides is 1. The van der Waals surface area contributed by atoms with E-state index in [1.165, 1.54) is 24.3 Å². The minimum Gasteiger partial charge on any atom is -0.267 e. The number of rotatable bonds is 5. The zero-order valence-electron chi connectivity index (χ0n) is 12.0. The van der Waals surface area contributed by atoms with Gasteiger partial charge < -0.3 is 0 Å². The number of carbonyl (C=O) groups is 1. The Morgan fingerprint density at radius 1 is 1.14 bits per heavy atom. The van der Waals surface area contributed by atoms with E-state index in [4.69, 9.17) is 0 Å². The molecule has 0 saturated carbocycles. The number of non-ortho nitro benzene ring substituents is 1. The van der Waals surface area contributed by atoms with Crippen molar-refractivity contribution < 1.29 is 9.72 Å². The number of nitro groups is 1. The van der Waals surface area contributed by atoms with Crippen LogP contribution < -0.4 is 5.43 Å². The van der Waals surface area contributed by atoms with Gasteiger partial charge in [-0.25, -0.2) is 5.43 Å². The largest absolute Gasteiger partial charge is 0.271 e. The molecular weight excluding hydrogens is 282 g/mol. The summed E-state index contributed by atoms with van der Waals surface area (Å²) >= 11 is 0. The minimum absolute atomic E-state index is 0.129. The molecule has 0 spiro atoms. The molecule has 0 aliphatic carbocycles. The smallest absolute Gasteiger partial charge is 0.267 e. The molecule has 6 heteroatoms. The van der Waals surface area contributed by atoms with Crippen LogP contribution in [0.15, 0.2) is 59.7 Å². The molecule has 2 rings (SSSR count). The van der Waals surface area contributed by atoms with Crippen molar-refractivity contribution in [2.24, 2.45) is 5.10 Å². The normalized spacial score (nSPS) is 11.0. The van der Waals surface area contributed by atoms with Crippen LogP contribution in [0.3, 0.4) is 0 Å². The van der Waals surface area contributed by atoms with Crippen molar-refractivity contribution in [3.8, 4) is 0 Å². The van der Waals surface area contributed by atoms with E-state index in [1.54, 1.807) is 0 Å². The van der Waals surface area contributed by atoms with E-state index in [2.05, 4.69) is 10.5 Å². The van der Waals surface area contributed by atoms with Crippen molar-refractivity contribution in [3.63, 3.8) is 0 Å². The monoisotopic (exact) mass is 297 g/mol. The van der Waals surface area contributed by atoms with Crippen molar-refractivity contribution in [2.45, 2.75) is 13.3 Å². The summed E-state index contributed by atoms with van der Waals surface area (Å²) in [4.78, 5) is 22.2. The summed E-state index contributed by atoms with van der Waals surface area (Å²) in [5, 5.41) is 14.8. The summed E-state index contributed by atoms with van der Waals surface area (Å²) in [6.45, 7) is 1.94. The third kappa shape index (κ3) is 3.76. The first-order valence-corrected chi connectivity index (χ1v) is 6.78. The molecule has 22 heavy (non-hydrogen) atoms. The number of benzene rings is 2. The molecule has 0 bridgehead atoms. The van der Waals surface area contributed by atoms with Crippen molar-refractivity contribution >= 4 is 17.3 Å². The van der Waals surface area contributed by atoms with Gasteiger partial charge >= 0.3 is 0 Å². The predicted molar refractivity (Wildman–Crippen MR) is 83.8 cm³/mol. The molecule has 2 aromatic rings. The van der Waals surface area contributed by atoms with Crippen LogP contribution in [-0.4, -0.2) is 16.5 Å². The molecule has 0 heterocycles. The second-order valence-electron chi connectivity index (χ2n) is 4.53. The summed E-state index contributed by atoms with van der Waals surface area (Å²) in [5.74, 6) is -0.481. The van der Waals surface area contributed by atoms with Crippen LogP contribution in [0.25, 0.3) is 0 Å². The maximum absolute atomic E-state index is 12.0. The van der Waals surface area contributed by atoms with E-state index in [1.807, 2.05) is 37.3 Å². The number of hydrogen-bond acceptors (Lipinski definition) is 4. The third-order valence-electron chi connectivity index (χ3n) is 3.05. The van der Waals surface area contributed by atoms with E-state index in [-0.39, 0.29) is 11.3 Å². The Kier molecular flexibility index (Phi) is 4.98. The van der Waals surface area contributed by atoms with Crippen molar-refractivity contribution in [3.05, 3.63) is 75.8 Å². The first kappa shape index (κ1) is 15.4. The van der Waals surface area contributed by atoms with Gasteiger partial charge in [0.15, 0.2) is 0 Å². The van der Waals surface area contributed by atoms with Crippen molar-refractivity contribution in [1.29, 1.82) is 0 Å². The summed E-state index contributed by atoms with van der Waals surface area (Å²) in [6.07, 6.45) is 0.652. The summed E-state index contributed by atoms with van der Waals surface area (Å²) in [6, 6.07) is 15.0. The number of hydrogen-bond donors (Lipinski definition) is 1. The molecule has 0 radical (unpaired) electrons. The van der Waals surface area contributed by atoms with Crippen LogP contribution in [0.5, 0.6) is 0 Å². The minimum atomic E-state index is -0.540. The zero-order chi connectivity index (χ0) is 15.9. The molecule has 0 aliphatic rings. The van der Waals surface area contributed by atoms with Crippen LogP contribution in [0.2, 0.25) is 0 Å². The lowest BCUT2D eigenvalue weighted by molar-refractivity contribution is -0.384. The average molecular weight is 297 g/mol. The first-order valence-electron chi connectivity index (χ1n) is 6.78. The maximum Gasteiger partial charge on any atom is 0.271 e. The summed E-state index contributed by atoms with van der Waals surface area (Å²) in [5.41, 5.74) is 4.16. The van der Waals surface area contributed by atoms with Gasteiger partial charge in [-0.05, 0) is 18.1 Å². The number of nitrogens with zero attached hydrogens (tertiary/aromatic N) is 2. The Labute approximate surface area is 127 Å². The number of nitrogens with one attached hydrogen (secondary N) is 1. The fourth-order valence-corrected chi connectivity index (χ4v) is 1.92. The quantitative estimate of drug-likeness (QED) is 0.522. The highest BCUT2D eigenvalue weighted by Gasteiger charge is 2.11. The molecule has 0 saturated heterocycles. The fraction of sp³-hybridized carbons (Fsp3) is 0.125. The van der Waals surface area contributed by atoms with Gasteiger partial charge in [0.2, 0.25) is 0 Å². The molecule has 2 aromatic carbocycles. The standard InChI is InChI=1S/C16H15N3O3/c1-2-15(12-7-4-3-5-8-12)17-18-16(20)13-9-6-10-14(11-13)19(21)22/h3-11H,2H2,1H3,(H,18,20). The van der Waals surface area contributed by atoms with E-state index in [0.29, 0.717) is 6.42 Å².